The van der Waals surface area contributed by atoms with Gasteiger partial charge in [-0.25, -0.2) is 4.98 Å². The minimum atomic E-state index is -0.179. The lowest BCUT2D eigenvalue weighted by molar-refractivity contribution is 0.241. The summed E-state index contributed by atoms with van der Waals surface area (Å²) in [7, 11) is 0. The molecule has 0 amide bonds. The van der Waals surface area contributed by atoms with Crippen molar-refractivity contribution in [1.29, 1.82) is 0 Å². The average molecular weight is 521 g/mol. The van der Waals surface area contributed by atoms with E-state index in [1.54, 1.807) is 12.3 Å². The fourth-order valence-electron chi connectivity index (χ4n) is 2.85. The number of rotatable bonds is 6. The monoisotopic (exact) mass is 519 g/mol. The van der Waals surface area contributed by atoms with Crippen LogP contribution in [0.3, 0.4) is 0 Å². The van der Waals surface area contributed by atoms with Crippen molar-refractivity contribution in [3.63, 3.8) is 0 Å². The van der Waals surface area contributed by atoms with Crippen LogP contribution in [0.5, 0.6) is 5.75 Å². The van der Waals surface area contributed by atoms with Gasteiger partial charge in [-0.15, -0.1) is 0 Å². The van der Waals surface area contributed by atoms with Crippen LogP contribution in [0.1, 0.15) is 51.4 Å². The van der Waals surface area contributed by atoms with E-state index in [1.165, 1.54) is 4.68 Å². The Labute approximate surface area is 187 Å². The minimum absolute atomic E-state index is 0.0884. The van der Waals surface area contributed by atoms with Crippen LogP contribution in [0.2, 0.25) is 0 Å². The molecule has 0 aliphatic heterocycles. The maximum atomic E-state index is 13.1. The molecule has 0 saturated heterocycles. The number of halogens is 2. The summed E-state index contributed by atoms with van der Waals surface area (Å²) in [5.41, 5.74) is 1.35. The van der Waals surface area contributed by atoms with Gasteiger partial charge in [-0.2, -0.15) is 9.78 Å². The van der Waals surface area contributed by atoms with Crippen LogP contribution in [0.4, 0.5) is 0 Å². The quantitative estimate of drug-likeness (QED) is 0.369. The van der Waals surface area contributed by atoms with Crippen LogP contribution in [0, 0.1) is 0 Å². The number of ether oxygens (including phenoxy) is 1. The van der Waals surface area contributed by atoms with E-state index in [4.69, 9.17) is 9.72 Å². The number of hydrogen-bond acceptors (Lipinski definition) is 4. The van der Waals surface area contributed by atoms with Gasteiger partial charge in [0.15, 0.2) is 0 Å². The molecule has 0 unspecified atom stereocenters. The summed E-state index contributed by atoms with van der Waals surface area (Å²) >= 11 is 6.96. The van der Waals surface area contributed by atoms with Gasteiger partial charge in [0.2, 0.25) is 0 Å². The summed E-state index contributed by atoms with van der Waals surface area (Å²) in [6.07, 6.45) is 2.62. The zero-order valence-corrected chi connectivity index (χ0v) is 20.0. The highest BCUT2D eigenvalue weighted by Crippen LogP contribution is 2.26. The van der Waals surface area contributed by atoms with E-state index in [0.717, 1.165) is 26.7 Å². The van der Waals surface area contributed by atoms with Crippen molar-refractivity contribution < 1.29 is 4.74 Å². The number of nitrogens with zero attached hydrogens (tertiary/aromatic N) is 3. The largest absolute Gasteiger partial charge is 0.490 e. The van der Waals surface area contributed by atoms with Gasteiger partial charge in [-0.3, -0.25) is 4.79 Å². The third kappa shape index (κ3) is 4.95. The highest BCUT2D eigenvalue weighted by molar-refractivity contribution is 9.10. The second-order valence-corrected chi connectivity index (χ2v) is 8.93. The maximum absolute atomic E-state index is 13.1. The Morgan fingerprint density at radius 2 is 1.93 bits per heavy atom. The van der Waals surface area contributed by atoms with E-state index >= 15 is 0 Å². The number of aromatic nitrogens is 2. The van der Waals surface area contributed by atoms with Crippen molar-refractivity contribution in [2.45, 2.75) is 46.1 Å². The van der Waals surface area contributed by atoms with Gasteiger partial charge in [0.1, 0.15) is 11.6 Å². The summed E-state index contributed by atoms with van der Waals surface area (Å²) < 4.78 is 8.83. The lowest BCUT2D eigenvalue weighted by Crippen LogP contribution is -2.23. The number of benzene rings is 2. The molecular formula is C22H23Br2N3O2. The summed E-state index contributed by atoms with van der Waals surface area (Å²) in [4.78, 5) is 17.9. The zero-order valence-electron chi connectivity index (χ0n) is 16.8. The van der Waals surface area contributed by atoms with Crippen LogP contribution in [0.15, 0.2) is 55.2 Å². The number of fused-ring (bicyclic) bond motifs is 1. The Balaban J connectivity index is 2.07. The first-order valence-electron chi connectivity index (χ1n) is 9.53. The summed E-state index contributed by atoms with van der Waals surface area (Å²) in [6.45, 7) is 8.08. The third-order valence-corrected chi connectivity index (χ3v) is 5.64. The van der Waals surface area contributed by atoms with Gasteiger partial charge >= 0.3 is 0 Å². The predicted molar refractivity (Wildman–Crippen MR) is 125 cm³/mol. The van der Waals surface area contributed by atoms with Crippen LogP contribution in [0.25, 0.3) is 10.9 Å². The van der Waals surface area contributed by atoms with Gasteiger partial charge < -0.3 is 4.74 Å². The minimum Gasteiger partial charge on any atom is -0.490 e. The molecular weight excluding hydrogens is 498 g/mol. The van der Waals surface area contributed by atoms with E-state index < -0.39 is 0 Å². The van der Waals surface area contributed by atoms with Crippen molar-refractivity contribution in [2.24, 2.45) is 5.10 Å². The highest BCUT2D eigenvalue weighted by atomic mass is 79.9. The second kappa shape index (κ2) is 9.22. The summed E-state index contributed by atoms with van der Waals surface area (Å²) in [5.74, 6) is 1.52. The lowest BCUT2D eigenvalue weighted by atomic mass is 10.1. The fourth-order valence-corrected chi connectivity index (χ4v) is 3.70. The van der Waals surface area contributed by atoms with E-state index in [-0.39, 0.29) is 17.6 Å². The van der Waals surface area contributed by atoms with Crippen molar-refractivity contribution in [3.05, 3.63) is 67.1 Å². The molecule has 1 atom stereocenters. The molecule has 0 spiro atoms. The molecule has 0 radical (unpaired) electrons. The molecule has 3 aromatic rings. The smallest absolute Gasteiger partial charge is 0.282 e. The molecule has 0 aliphatic rings. The van der Waals surface area contributed by atoms with Gasteiger partial charge in [0.25, 0.3) is 5.56 Å². The molecule has 0 bridgehead atoms. The van der Waals surface area contributed by atoms with Crippen LogP contribution in [-0.4, -0.2) is 22.0 Å². The topological polar surface area (TPSA) is 56.5 Å². The predicted octanol–water partition coefficient (Wildman–Crippen LogP) is 6.10. The Bertz CT molecular complexity index is 1120. The SMILES string of the molecule is CC[C@H](C)c1nc2ccc(Br)cc2c(=O)n1N=Cc1ccc(OC(C)C)c(Br)c1. The molecule has 0 N–H and O–H groups in total. The molecule has 29 heavy (non-hydrogen) atoms. The molecule has 3 rings (SSSR count). The van der Waals surface area contributed by atoms with E-state index in [2.05, 4.69) is 43.9 Å². The Morgan fingerprint density at radius 3 is 2.59 bits per heavy atom. The van der Waals surface area contributed by atoms with E-state index in [0.29, 0.717) is 16.7 Å². The van der Waals surface area contributed by atoms with Crippen LogP contribution < -0.4 is 10.3 Å². The maximum Gasteiger partial charge on any atom is 0.282 e. The van der Waals surface area contributed by atoms with Crippen molar-refractivity contribution in [3.8, 4) is 5.75 Å². The average Bonchev–Trinajstić information content (AvgIpc) is 2.68. The van der Waals surface area contributed by atoms with Gasteiger partial charge in [0, 0.05) is 10.4 Å². The second-order valence-electron chi connectivity index (χ2n) is 7.16. The lowest BCUT2D eigenvalue weighted by Gasteiger charge is -2.14. The standard InChI is InChI=1S/C22H23Br2N3O2/c1-5-14(4)21-26-19-8-7-16(23)11-17(19)22(28)27(21)25-12-15-6-9-20(18(24)10-15)29-13(2)3/h6-14H,5H2,1-4H3/t14-/m0/s1. The molecule has 2 aromatic carbocycles. The molecule has 0 saturated carbocycles. The van der Waals surface area contributed by atoms with E-state index in [9.17, 15) is 4.79 Å². The zero-order chi connectivity index (χ0) is 21.1. The van der Waals surface area contributed by atoms with E-state index in [1.807, 2.05) is 51.1 Å². The van der Waals surface area contributed by atoms with Gasteiger partial charge in [-0.05, 0) is 78.2 Å². The van der Waals surface area contributed by atoms with Crippen LogP contribution >= 0.6 is 31.9 Å². The summed E-state index contributed by atoms with van der Waals surface area (Å²) in [5, 5.41) is 5.03. The normalized spacial score (nSPS) is 12.8. The molecule has 7 heteroatoms. The molecule has 1 heterocycles. The highest BCUT2D eigenvalue weighted by Gasteiger charge is 2.15. The summed E-state index contributed by atoms with van der Waals surface area (Å²) in [6, 6.07) is 11.2. The number of hydrogen-bond donors (Lipinski definition) is 0. The Kier molecular flexibility index (Phi) is 6.90. The van der Waals surface area contributed by atoms with Crippen molar-refractivity contribution in [2.75, 3.05) is 0 Å². The first-order valence-corrected chi connectivity index (χ1v) is 11.1. The Morgan fingerprint density at radius 1 is 1.17 bits per heavy atom. The molecule has 1 aromatic heterocycles. The van der Waals surface area contributed by atoms with Crippen LogP contribution in [-0.2, 0) is 0 Å². The fraction of sp³-hybridized carbons (Fsp3) is 0.318. The van der Waals surface area contributed by atoms with Crippen molar-refractivity contribution >= 4 is 49.0 Å². The first kappa shape index (κ1) is 21.7. The first-order chi connectivity index (χ1) is 13.8. The van der Waals surface area contributed by atoms with Crippen molar-refractivity contribution in [1.82, 2.24) is 9.66 Å². The third-order valence-electron chi connectivity index (χ3n) is 4.53. The van der Waals surface area contributed by atoms with Gasteiger partial charge in [-0.1, -0.05) is 29.8 Å². The molecule has 0 fully saturated rings. The molecule has 5 nitrogen and oxygen atoms in total. The van der Waals surface area contributed by atoms with Gasteiger partial charge in [0.05, 0.1) is 27.7 Å². The Hall–Kier alpha value is -1.99. The molecule has 0 aliphatic carbocycles. The molecule has 152 valence electrons.